The molecule has 17 nitrogen and oxygen atoms in total. The van der Waals surface area contributed by atoms with Crippen molar-refractivity contribution in [3.8, 4) is 40.5 Å². The summed E-state index contributed by atoms with van der Waals surface area (Å²) < 4.78 is 22.9. The average Bonchev–Trinajstić information content (AvgIpc) is 3.70. The molecule has 0 aliphatic carbocycles. The van der Waals surface area contributed by atoms with Crippen molar-refractivity contribution in [3.63, 3.8) is 0 Å². The number of nitrogens with two attached hydrogens (primary N) is 3. The lowest BCUT2D eigenvalue weighted by Crippen LogP contribution is -2.52. The minimum absolute atomic E-state index is 0. The van der Waals surface area contributed by atoms with E-state index in [4.69, 9.17) is 47.4 Å². The van der Waals surface area contributed by atoms with Crippen LogP contribution in [0.3, 0.4) is 0 Å². The first kappa shape index (κ1) is 53.5. The molecule has 0 saturated carbocycles. The quantitative estimate of drug-likeness (QED) is 0.0587. The molecule has 0 radical (unpaired) electrons. The largest absolute Gasteiger partial charge is 0.490 e. The molecule has 4 rings (SSSR count). The van der Waals surface area contributed by atoms with E-state index in [1.165, 1.54) is 31.9 Å². The Hall–Kier alpha value is -5.60. The number of nitrogens with one attached hydrogen (secondary N) is 2. The van der Waals surface area contributed by atoms with Crippen LogP contribution < -0.4 is 32.6 Å². The van der Waals surface area contributed by atoms with Gasteiger partial charge in [0.2, 0.25) is 17.7 Å². The number of oxazole rings is 1. The third-order valence-corrected chi connectivity index (χ3v) is 10.2. The van der Waals surface area contributed by atoms with Crippen molar-refractivity contribution in [2.45, 2.75) is 82.6 Å². The number of esters is 2. The van der Waals surface area contributed by atoms with Crippen LogP contribution in [0.1, 0.15) is 58.4 Å². The summed E-state index contributed by atoms with van der Waals surface area (Å²) in [5, 5.41) is 26.4. The molecule has 0 bridgehead atoms. The fourth-order valence-corrected chi connectivity index (χ4v) is 6.52. The molecule has 0 aliphatic heterocycles. The molecule has 1 unspecified atom stereocenters. The molecule has 2 aromatic heterocycles. The van der Waals surface area contributed by atoms with Gasteiger partial charge in [-0.2, -0.15) is 10.5 Å². The molecule has 0 saturated heterocycles. The van der Waals surface area contributed by atoms with Crippen molar-refractivity contribution < 1.29 is 37.8 Å². The van der Waals surface area contributed by atoms with Gasteiger partial charge < -0.3 is 46.5 Å². The van der Waals surface area contributed by atoms with Crippen LogP contribution in [0.4, 0.5) is 5.82 Å². The van der Waals surface area contributed by atoms with Gasteiger partial charge in [0.15, 0.2) is 6.10 Å². The summed E-state index contributed by atoms with van der Waals surface area (Å²) in [7, 11) is 0. The summed E-state index contributed by atoms with van der Waals surface area (Å²) in [5.74, 6) is -2.65. The van der Waals surface area contributed by atoms with E-state index in [9.17, 15) is 29.7 Å². The minimum atomic E-state index is -1.19. The second-order valence-electron chi connectivity index (χ2n) is 14.7. The number of ether oxygens (including phenoxy) is 3. The number of nitrogen functional groups attached to an aromatic ring is 1. The summed E-state index contributed by atoms with van der Waals surface area (Å²) in [6.45, 7) is 8.98. The van der Waals surface area contributed by atoms with Crippen molar-refractivity contribution in [2.75, 3.05) is 18.9 Å². The number of carbonyl (C=O) groups excluding carboxylic acids is 4. The fourth-order valence-electron chi connectivity index (χ4n) is 5.52. The van der Waals surface area contributed by atoms with Gasteiger partial charge in [-0.1, -0.05) is 63.2 Å². The fraction of sp³-hybridized carbons (Fsp3) is 0.381. The Balaban J connectivity index is 0.00000683. The molecule has 0 aliphatic rings. The maximum absolute atomic E-state index is 13.4. The molecule has 338 valence electrons. The Labute approximate surface area is 386 Å². The van der Waals surface area contributed by atoms with Crippen LogP contribution in [0, 0.1) is 34.5 Å². The molecule has 5 atom stereocenters. The topological polar surface area (TPSA) is 285 Å². The first-order valence-corrected chi connectivity index (χ1v) is 20.5. The number of benzene rings is 2. The van der Waals surface area contributed by atoms with Crippen molar-refractivity contribution in [1.29, 1.82) is 10.5 Å². The van der Waals surface area contributed by atoms with Crippen LogP contribution in [-0.2, 0) is 34.4 Å². The Morgan fingerprint density at radius 1 is 0.794 bits per heavy atom. The molecule has 4 aromatic rings. The second-order valence-corrected chi connectivity index (χ2v) is 16.1. The minimum Gasteiger partial charge on any atom is -0.490 e. The molecule has 0 spiro atoms. The van der Waals surface area contributed by atoms with Crippen molar-refractivity contribution in [2.24, 2.45) is 23.3 Å². The van der Waals surface area contributed by atoms with E-state index >= 15 is 0 Å². The summed E-state index contributed by atoms with van der Waals surface area (Å²) >= 11 is 7.19. The van der Waals surface area contributed by atoms with Gasteiger partial charge >= 0.3 is 11.9 Å². The number of halogens is 3. The van der Waals surface area contributed by atoms with E-state index in [0.717, 1.165) is 5.56 Å². The predicted molar refractivity (Wildman–Crippen MR) is 242 cm³/mol. The van der Waals surface area contributed by atoms with E-state index in [1.807, 2.05) is 0 Å². The normalized spacial score (nSPS) is 13.1. The zero-order valence-corrected chi connectivity index (χ0v) is 38.5. The second kappa shape index (κ2) is 24.9. The number of thioether (sulfide) groups is 1. The van der Waals surface area contributed by atoms with Crippen molar-refractivity contribution >= 4 is 77.7 Å². The maximum atomic E-state index is 13.4. The number of nitriles is 2. The van der Waals surface area contributed by atoms with Crippen LogP contribution >= 0.6 is 48.2 Å². The number of pyridine rings is 1. The number of rotatable bonds is 19. The molecule has 8 N–H and O–H groups in total. The Morgan fingerprint density at radius 2 is 1.33 bits per heavy atom. The Bertz CT molecular complexity index is 2280. The lowest BCUT2D eigenvalue weighted by molar-refractivity contribution is -0.165. The number of aromatic nitrogens is 2. The van der Waals surface area contributed by atoms with Gasteiger partial charge in [0.25, 0.3) is 0 Å². The molecule has 2 heterocycles. The highest BCUT2D eigenvalue weighted by Crippen LogP contribution is 2.37. The molecular formula is C42H50Cl3N9O8S. The zero-order chi connectivity index (χ0) is 45.0. The van der Waals surface area contributed by atoms with E-state index in [0.29, 0.717) is 22.2 Å². The van der Waals surface area contributed by atoms with E-state index < -0.39 is 66.5 Å². The lowest BCUT2D eigenvalue weighted by atomic mass is 9.97. The summed E-state index contributed by atoms with van der Waals surface area (Å²) in [5.41, 5.74) is 19.8. The third kappa shape index (κ3) is 14.7. The average molecular weight is 947 g/mol. The number of amides is 2. The van der Waals surface area contributed by atoms with Gasteiger partial charge in [-0.15, -0.1) is 24.8 Å². The SMILES string of the molecule is CC(C)C(NC(=O)[C@H](C)N)C(=O)O[C@H](COC(=O)[C@@H](NC(=O)[C@H](C)N)C(C)C)COc1ccc(-c2c(C#N)c(N)nc(SCc3coc(-c4ccc(Cl)cc4)n3)c2C#N)cc1.Cl.Cl. The van der Waals surface area contributed by atoms with Gasteiger partial charge in [-0.25, -0.2) is 19.6 Å². The molecule has 0 fully saturated rings. The van der Waals surface area contributed by atoms with E-state index in [2.05, 4.69) is 32.7 Å². The van der Waals surface area contributed by atoms with E-state index in [-0.39, 0.29) is 76.4 Å². The molecular weight excluding hydrogens is 897 g/mol. The van der Waals surface area contributed by atoms with Gasteiger partial charge in [0.05, 0.1) is 23.3 Å². The van der Waals surface area contributed by atoms with Crippen molar-refractivity contribution in [1.82, 2.24) is 20.6 Å². The monoisotopic (exact) mass is 945 g/mol. The lowest BCUT2D eigenvalue weighted by Gasteiger charge is -2.26. The predicted octanol–water partition coefficient (Wildman–Crippen LogP) is 5.33. The molecule has 63 heavy (non-hydrogen) atoms. The standard InChI is InChI=1S/C42H48ClN9O8S.2ClH/c1-21(2)34(50-37(53)23(5)46)41(55)59-19-30(60-42(56)35(22(3)4)51-38(54)24(6)47)18-57-29-13-9-25(10-14-29)33-31(15-44)36(48)52-40(32(33)16-45)61-20-28-17-58-39(49-28)26-7-11-27(43)12-8-26;;/h7-14,17,21-24,30,34-35H,18-20,46-47H2,1-6H3,(H2,48,52)(H,50,53)(H,51,54);2*1H/t23-,24-,30-,34-,35?;;/m0../s1. The molecule has 2 aromatic carbocycles. The van der Waals surface area contributed by atoms with Crippen LogP contribution in [0.25, 0.3) is 22.6 Å². The number of hydrogen-bond acceptors (Lipinski definition) is 16. The maximum Gasteiger partial charge on any atom is 0.329 e. The smallest absolute Gasteiger partial charge is 0.329 e. The van der Waals surface area contributed by atoms with Gasteiger partial charge in [0, 0.05) is 21.9 Å². The molecule has 21 heteroatoms. The summed E-state index contributed by atoms with van der Waals surface area (Å²) in [4.78, 5) is 60.2. The van der Waals surface area contributed by atoms with Gasteiger partial charge in [0.1, 0.15) is 65.9 Å². The first-order chi connectivity index (χ1) is 28.9. The molecule has 2 amide bonds. The van der Waals surface area contributed by atoms with Crippen LogP contribution in [0.2, 0.25) is 5.02 Å². The van der Waals surface area contributed by atoms with E-state index in [1.54, 1.807) is 76.2 Å². The van der Waals surface area contributed by atoms with Gasteiger partial charge in [-0.05, 0) is 67.6 Å². The highest BCUT2D eigenvalue weighted by atomic mass is 35.5. The summed E-state index contributed by atoms with van der Waals surface area (Å²) in [6, 6.07) is 13.7. The third-order valence-electron chi connectivity index (χ3n) is 8.95. The van der Waals surface area contributed by atoms with Crippen molar-refractivity contribution in [3.05, 3.63) is 76.6 Å². The summed E-state index contributed by atoms with van der Waals surface area (Å²) in [6.07, 6.45) is 0.308. The number of anilines is 1. The Kier molecular flexibility index (Phi) is 21.1. The van der Waals surface area contributed by atoms with Crippen LogP contribution in [-0.4, -0.2) is 77.2 Å². The Morgan fingerprint density at radius 3 is 1.86 bits per heavy atom. The first-order valence-electron chi connectivity index (χ1n) is 19.1. The zero-order valence-electron chi connectivity index (χ0n) is 35.2. The van der Waals surface area contributed by atoms with Crippen LogP contribution in [0.15, 0.2) is 64.2 Å². The number of hydrogen-bond donors (Lipinski definition) is 5. The highest BCUT2D eigenvalue weighted by molar-refractivity contribution is 7.98. The van der Waals surface area contributed by atoms with Crippen LogP contribution in [0.5, 0.6) is 5.75 Å². The number of nitrogens with zero attached hydrogens (tertiary/aromatic N) is 4. The highest BCUT2D eigenvalue weighted by Gasteiger charge is 2.32. The van der Waals surface area contributed by atoms with Gasteiger partial charge in [-0.3, -0.25) is 9.59 Å². The number of carbonyl (C=O) groups is 4.